The summed E-state index contributed by atoms with van der Waals surface area (Å²) in [5.41, 5.74) is 5.01. The zero-order valence-electron chi connectivity index (χ0n) is 19.6. The van der Waals surface area contributed by atoms with Crippen LogP contribution in [-0.2, 0) is 11.2 Å². The van der Waals surface area contributed by atoms with Gasteiger partial charge in [-0.3, -0.25) is 9.78 Å². The highest BCUT2D eigenvalue weighted by molar-refractivity contribution is 5.97. The third kappa shape index (κ3) is 4.37. The number of benzene rings is 1. The molecule has 3 aromatic rings. The van der Waals surface area contributed by atoms with Gasteiger partial charge in [0, 0.05) is 69.4 Å². The van der Waals surface area contributed by atoms with Crippen LogP contribution in [0.15, 0.2) is 47.0 Å². The minimum atomic E-state index is -0.0359. The molecule has 1 unspecified atom stereocenters. The number of carbonyl (C=O) groups is 1. The molecule has 0 N–H and O–H groups in total. The van der Waals surface area contributed by atoms with Crippen LogP contribution in [0, 0.1) is 19.8 Å². The molecule has 5 rings (SSSR count). The normalized spacial score (nSPS) is 19.5. The van der Waals surface area contributed by atoms with Crippen molar-refractivity contribution >= 4 is 17.3 Å². The summed E-state index contributed by atoms with van der Waals surface area (Å²) in [6, 6.07) is 12.2. The van der Waals surface area contributed by atoms with Gasteiger partial charge >= 0.3 is 0 Å². The summed E-state index contributed by atoms with van der Waals surface area (Å²) >= 11 is 0. The lowest BCUT2D eigenvalue weighted by atomic mass is 10.00. The van der Waals surface area contributed by atoms with E-state index in [1.54, 1.807) is 0 Å². The largest absolute Gasteiger partial charge is 0.446 e. The first kappa shape index (κ1) is 21.6. The first-order valence-electron chi connectivity index (χ1n) is 11.7. The van der Waals surface area contributed by atoms with Gasteiger partial charge in [0.1, 0.15) is 11.5 Å². The second kappa shape index (κ2) is 8.98. The molecular weight excluding hydrogens is 414 g/mol. The number of piperazine rings is 1. The number of anilines is 2. The molecule has 0 radical (unpaired) electrons. The molecule has 1 amide bonds. The van der Waals surface area contributed by atoms with E-state index < -0.39 is 0 Å². The molecule has 7 heteroatoms. The van der Waals surface area contributed by atoms with Crippen molar-refractivity contribution in [1.29, 1.82) is 0 Å². The average molecular weight is 446 g/mol. The van der Waals surface area contributed by atoms with Crippen LogP contribution in [0.3, 0.4) is 0 Å². The maximum atomic E-state index is 13.3. The van der Waals surface area contributed by atoms with E-state index in [0.717, 1.165) is 67.5 Å². The van der Waals surface area contributed by atoms with E-state index >= 15 is 0 Å². The molecular formula is C26H31N5O2. The zero-order chi connectivity index (χ0) is 22.9. The molecule has 0 saturated carbocycles. The molecule has 0 spiro atoms. The molecule has 172 valence electrons. The highest BCUT2D eigenvalue weighted by atomic mass is 16.4. The van der Waals surface area contributed by atoms with Crippen molar-refractivity contribution in [2.24, 2.45) is 5.92 Å². The standard InChI is InChI=1S/C26H31N5O2/c1-18-25(28-19(2)33-18)20-6-8-22(9-7-20)31-12-10-21(26(31)32)17-23-24(5-4-11-27-23)30-15-13-29(3)14-16-30/h4-9,11,21H,10,12-17H2,1-3H3. The molecule has 2 fully saturated rings. The van der Waals surface area contributed by atoms with Crippen molar-refractivity contribution in [2.75, 3.05) is 49.6 Å². The molecule has 4 heterocycles. The lowest BCUT2D eigenvalue weighted by Crippen LogP contribution is -2.45. The first-order chi connectivity index (χ1) is 16.0. The number of pyridine rings is 1. The summed E-state index contributed by atoms with van der Waals surface area (Å²) in [4.78, 5) is 29.1. The number of aromatic nitrogens is 2. The van der Waals surface area contributed by atoms with E-state index in [-0.39, 0.29) is 11.8 Å². The average Bonchev–Trinajstić information content (AvgIpc) is 3.36. The molecule has 7 nitrogen and oxygen atoms in total. The van der Waals surface area contributed by atoms with Crippen molar-refractivity contribution < 1.29 is 9.21 Å². The molecule has 2 saturated heterocycles. The molecule has 33 heavy (non-hydrogen) atoms. The Bertz CT molecular complexity index is 1130. The molecule has 1 atom stereocenters. The second-order valence-electron chi connectivity index (χ2n) is 9.12. The first-order valence-corrected chi connectivity index (χ1v) is 11.7. The Morgan fingerprint density at radius 1 is 1.03 bits per heavy atom. The van der Waals surface area contributed by atoms with Gasteiger partial charge in [0.2, 0.25) is 5.91 Å². The summed E-state index contributed by atoms with van der Waals surface area (Å²) in [7, 11) is 2.16. The van der Waals surface area contributed by atoms with Crippen LogP contribution in [0.25, 0.3) is 11.3 Å². The molecule has 2 aliphatic rings. The van der Waals surface area contributed by atoms with Crippen molar-refractivity contribution in [3.63, 3.8) is 0 Å². The van der Waals surface area contributed by atoms with Crippen LogP contribution >= 0.6 is 0 Å². The van der Waals surface area contributed by atoms with Crippen LogP contribution in [-0.4, -0.2) is 60.5 Å². The van der Waals surface area contributed by atoms with Crippen molar-refractivity contribution in [3.05, 3.63) is 59.9 Å². The third-order valence-corrected chi connectivity index (χ3v) is 6.82. The van der Waals surface area contributed by atoms with E-state index in [4.69, 9.17) is 4.42 Å². The van der Waals surface area contributed by atoms with Crippen molar-refractivity contribution in [1.82, 2.24) is 14.9 Å². The number of amides is 1. The lowest BCUT2D eigenvalue weighted by Gasteiger charge is -2.35. The predicted octanol–water partition coefficient (Wildman–Crippen LogP) is 3.70. The number of aryl methyl sites for hydroxylation is 2. The van der Waals surface area contributed by atoms with Crippen LogP contribution in [0.4, 0.5) is 11.4 Å². The van der Waals surface area contributed by atoms with Gasteiger partial charge < -0.3 is 19.1 Å². The second-order valence-corrected chi connectivity index (χ2v) is 9.12. The highest BCUT2D eigenvalue weighted by Gasteiger charge is 2.34. The Kier molecular flexibility index (Phi) is 5.89. The number of hydrogen-bond donors (Lipinski definition) is 0. The fourth-order valence-electron chi connectivity index (χ4n) is 4.94. The fraction of sp³-hybridized carbons (Fsp3) is 0.423. The van der Waals surface area contributed by atoms with E-state index in [1.165, 1.54) is 5.69 Å². The van der Waals surface area contributed by atoms with Gasteiger partial charge in [-0.15, -0.1) is 0 Å². The highest BCUT2D eigenvalue weighted by Crippen LogP contribution is 2.32. The number of likely N-dealkylation sites (N-methyl/N-ethyl adjacent to an activating group) is 1. The fourth-order valence-corrected chi connectivity index (χ4v) is 4.94. The summed E-state index contributed by atoms with van der Waals surface area (Å²) in [5.74, 6) is 1.62. The van der Waals surface area contributed by atoms with Gasteiger partial charge in [-0.2, -0.15) is 0 Å². The van der Waals surface area contributed by atoms with Crippen molar-refractivity contribution in [3.8, 4) is 11.3 Å². The van der Waals surface area contributed by atoms with Crippen LogP contribution in [0.2, 0.25) is 0 Å². The predicted molar refractivity (Wildman–Crippen MR) is 130 cm³/mol. The van der Waals surface area contributed by atoms with Crippen LogP contribution in [0.1, 0.15) is 23.8 Å². The number of rotatable bonds is 5. The maximum Gasteiger partial charge on any atom is 0.230 e. The Balaban J connectivity index is 1.29. The summed E-state index contributed by atoms with van der Waals surface area (Å²) in [5, 5.41) is 0. The summed E-state index contributed by atoms with van der Waals surface area (Å²) in [6.45, 7) is 8.60. The Morgan fingerprint density at radius 2 is 1.79 bits per heavy atom. The molecule has 2 aromatic heterocycles. The van der Waals surface area contributed by atoms with Gasteiger partial charge in [-0.1, -0.05) is 12.1 Å². The van der Waals surface area contributed by atoms with Gasteiger partial charge in [-0.25, -0.2) is 4.98 Å². The van der Waals surface area contributed by atoms with Crippen LogP contribution in [0.5, 0.6) is 0 Å². The van der Waals surface area contributed by atoms with Gasteiger partial charge in [-0.05, 0) is 44.7 Å². The number of nitrogens with zero attached hydrogens (tertiary/aromatic N) is 5. The number of oxazole rings is 1. The SMILES string of the molecule is Cc1nc(-c2ccc(N3CCC(Cc4ncccc4N4CCN(C)CC4)C3=O)cc2)c(C)o1. The van der Waals surface area contributed by atoms with E-state index in [2.05, 4.69) is 32.9 Å². The Morgan fingerprint density at radius 3 is 2.48 bits per heavy atom. The third-order valence-electron chi connectivity index (χ3n) is 6.82. The smallest absolute Gasteiger partial charge is 0.230 e. The van der Waals surface area contributed by atoms with Crippen molar-refractivity contribution in [2.45, 2.75) is 26.7 Å². The zero-order valence-corrected chi connectivity index (χ0v) is 19.6. The molecule has 0 bridgehead atoms. The van der Waals surface area contributed by atoms with Gasteiger partial charge in [0.15, 0.2) is 5.89 Å². The minimum absolute atomic E-state index is 0.0359. The lowest BCUT2D eigenvalue weighted by molar-refractivity contribution is -0.120. The Hall–Kier alpha value is -3.19. The van der Waals surface area contributed by atoms with E-state index in [9.17, 15) is 4.79 Å². The van der Waals surface area contributed by atoms with Gasteiger partial charge in [0.25, 0.3) is 0 Å². The monoisotopic (exact) mass is 445 g/mol. The van der Waals surface area contributed by atoms with Crippen LogP contribution < -0.4 is 9.80 Å². The summed E-state index contributed by atoms with van der Waals surface area (Å²) in [6.07, 6.45) is 3.38. The quantitative estimate of drug-likeness (QED) is 0.597. The molecule has 0 aliphatic carbocycles. The minimum Gasteiger partial charge on any atom is -0.446 e. The van der Waals surface area contributed by atoms with Gasteiger partial charge in [0.05, 0.1) is 11.4 Å². The Labute approximate surface area is 195 Å². The molecule has 1 aromatic carbocycles. The molecule has 2 aliphatic heterocycles. The maximum absolute atomic E-state index is 13.3. The number of hydrogen-bond acceptors (Lipinski definition) is 6. The van der Waals surface area contributed by atoms with E-state index in [1.807, 2.05) is 55.3 Å². The summed E-state index contributed by atoms with van der Waals surface area (Å²) < 4.78 is 5.56. The van der Waals surface area contributed by atoms with E-state index in [0.29, 0.717) is 12.3 Å². The topological polar surface area (TPSA) is 65.7 Å². The number of carbonyl (C=O) groups excluding carboxylic acids is 1.